The normalized spacial score (nSPS) is 10.8. The molecule has 1 aromatic carbocycles. The summed E-state index contributed by atoms with van der Waals surface area (Å²) in [6.45, 7) is 1.59. The number of methoxy groups -OCH3 is 1. The van der Waals surface area contributed by atoms with E-state index in [9.17, 15) is 9.59 Å². The number of thioether (sulfide) groups is 1. The maximum Gasteiger partial charge on any atom is 0.273 e. The number of amides is 1. The molecule has 0 aliphatic heterocycles. The lowest BCUT2D eigenvalue weighted by molar-refractivity contribution is -0.113. The van der Waals surface area contributed by atoms with E-state index in [1.807, 2.05) is 0 Å². The number of aromatic amines is 1. The van der Waals surface area contributed by atoms with Crippen molar-refractivity contribution >= 4 is 29.1 Å². The fourth-order valence-corrected chi connectivity index (χ4v) is 2.59. The lowest BCUT2D eigenvalue weighted by Gasteiger charge is -2.05. The first-order valence-electron chi connectivity index (χ1n) is 6.96. The molecule has 0 atom stereocenters. The van der Waals surface area contributed by atoms with Crippen LogP contribution in [-0.2, 0) is 4.79 Å². The summed E-state index contributed by atoms with van der Waals surface area (Å²) in [6, 6.07) is 7.03. The molecule has 10 heteroatoms. The minimum atomic E-state index is -0.316. The first-order chi connectivity index (χ1) is 11.6. The number of fused-ring (bicyclic) bond motifs is 1. The monoisotopic (exact) mass is 346 g/mol. The quantitative estimate of drug-likeness (QED) is 0.659. The zero-order valence-electron chi connectivity index (χ0n) is 12.9. The number of nitrogens with zero attached hydrogens (tertiary/aromatic N) is 4. The van der Waals surface area contributed by atoms with Gasteiger partial charge in [-0.2, -0.15) is 9.61 Å². The molecule has 0 bridgehead atoms. The van der Waals surface area contributed by atoms with E-state index in [4.69, 9.17) is 4.74 Å². The molecule has 0 fully saturated rings. The maximum absolute atomic E-state index is 12.0. The molecule has 0 unspecified atom stereocenters. The second-order valence-electron chi connectivity index (χ2n) is 4.82. The Balaban J connectivity index is 1.65. The van der Waals surface area contributed by atoms with Gasteiger partial charge in [-0.05, 0) is 31.2 Å². The molecule has 0 spiro atoms. The SMILES string of the molecule is COc1ccc(NC(=O)CSc2nnc3[nH]c(=O)c(C)nn23)cc1. The molecule has 2 heterocycles. The highest BCUT2D eigenvalue weighted by molar-refractivity contribution is 7.99. The van der Waals surface area contributed by atoms with Crippen LogP contribution in [0, 0.1) is 6.92 Å². The number of carbonyl (C=O) groups excluding carboxylic acids is 1. The number of rotatable bonds is 5. The van der Waals surface area contributed by atoms with Gasteiger partial charge in [-0.1, -0.05) is 11.8 Å². The number of carbonyl (C=O) groups is 1. The van der Waals surface area contributed by atoms with Crippen LogP contribution in [0.25, 0.3) is 5.78 Å². The second kappa shape index (κ2) is 6.71. The average molecular weight is 346 g/mol. The van der Waals surface area contributed by atoms with Crippen molar-refractivity contribution in [3.05, 3.63) is 40.3 Å². The van der Waals surface area contributed by atoms with Crippen molar-refractivity contribution in [1.29, 1.82) is 0 Å². The Bertz CT molecular complexity index is 934. The van der Waals surface area contributed by atoms with Gasteiger partial charge >= 0.3 is 0 Å². The predicted molar refractivity (Wildman–Crippen MR) is 88.5 cm³/mol. The molecule has 24 heavy (non-hydrogen) atoms. The van der Waals surface area contributed by atoms with Crippen LogP contribution in [-0.4, -0.2) is 43.6 Å². The molecule has 2 N–H and O–H groups in total. The molecule has 2 aromatic heterocycles. The predicted octanol–water partition coefficient (Wildman–Crippen LogP) is 0.860. The van der Waals surface area contributed by atoms with Gasteiger partial charge in [0.2, 0.25) is 11.1 Å². The van der Waals surface area contributed by atoms with Gasteiger partial charge in [0.15, 0.2) is 0 Å². The number of H-pyrrole nitrogens is 1. The van der Waals surface area contributed by atoms with Crippen molar-refractivity contribution < 1.29 is 9.53 Å². The van der Waals surface area contributed by atoms with Gasteiger partial charge in [0.05, 0.1) is 12.9 Å². The van der Waals surface area contributed by atoms with Crippen LogP contribution < -0.4 is 15.6 Å². The smallest absolute Gasteiger partial charge is 0.273 e. The summed E-state index contributed by atoms with van der Waals surface area (Å²) in [5, 5.41) is 15.1. The van der Waals surface area contributed by atoms with Crippen molar-refractivity contribution in [2.24, 2.45) is 0 Å². The Morgan fingerprint density at radius 1 is 1.33 bits per heavy atom. The molecular weight excluding hydrogens is 332 g/mol. The van der Waals surface area contributed by atoms with Crippen LogP contribution >= 0.6 is 11.8 Å². The number of ether oxygens (including phenoxy) is 1. The maximum atomic E-state index is 12.0. The summed E-state index contributed by atoms with van der Waals surface area (Å²) < 4.78 is 6.47. The molecule has 124 valence electrons. The van der Waals surface area contributed by atoms with Crippen molar-refractivity contribution in [3.8, 4) is 5.75 Å². The third-order valence-electron chi connectivity index (χ3n) is 3.12. The van der Waals surface area contributed by atoms with Gasteiger partial charge in [-0.3, -0.25) is 14.6 Å². The summed E-state index contributed by atoms with van der Waals surface area (Å²) in [7, 11) is 1.58. The fraction of sp³-hybridized carbons (Fsp3) is 0.214. The minimum Gasteiger partial charge on any atom is -0.497 e. The fourth-order valence-electron chi connectivity index (χ4n) is 1.91. The van der Waals surface area contributed by atoms with E-state index < -0.39 is 0 Å². The number of hydrogen-bond acceptors (Lipinski definition) is 7. The van der Waals surface area contributed by atoms with Crippen molar-refractivity contribution in [2.75, 3.05) is 18.2 Å². The molecular formula is C14H14N6O3S. The van der Waals surface area contributed by atoms with E-state index in [2.05, 4.69) is 25.6 Å². The topological polar surface area (TPSA) is 114 Å². The Morgan fingerprint density at radius 2 is 2.08 bits per heavy atom. The zero-order valence-corrected chi connectivity index (χ0v) is 13.8. The molecule has 9 nitrogen and oxygen atoms in total. The number of aromatic nitrogens is 5. The van der Waals surface area contributed by atoms with Crippen LogP contribution in [0.5, 0.6) is 5.75 Å². The number of benzene rings is 1. The molecule has 3 rings (SSSR count). The molecule has 0 radical (unpaired) electrons. The van der Waals surface area contributed by atoms with Crippen LogP contribution in [0.4, 0.5) is 5.69 Å². The van der Waals surface area contributed by atoms with Crippen molar-refractivity contribution in [2.45, 2.75) is 12.1 Å². The number of anilines is 1. The average Bonchev–Trinajstić information content (AvgIpc) is 2.96. The largest absolute Gasteiger partial charge is 0.497 e. The Kier molecular flexibility index (Phi) is 4.47. The highest BCUT2D eigenvalue weighted by atomic mass is 32.2. The Morgan fingerprint density at radius 3 is 2.79 bits per heavy atom. The number of aryl methyl sites for hydroxylation is 1. The van der Waals surface area contributed by atoms with Crippen molar-refractivity contribution in [1.82, 2.24) is 24.8 Å². The molecule has 0 saturated carbocycles. The third kappa shape index (κ3) is 3.38. The van der Waals surface area contributed by atoms with Crippen LogP contribution in [0.2, 0.25) is 0 Å². The van der Waals surface area contributed by atoms with E-state index in [0.717, 1.165) is 0 Å². The summed E-state index contributed by atoms with van der Waals surface area (Å²) in [4.78, 5) is 26.1. The van der Waals surface area contributed by atoms with Crippen LogP contribution in [0.1, 0.15) is 5.69 Å². The first kappa shape index (κ1) is 16.0. The summed E-state index contributed by atoms with van der Waals surface area (Å²) in [5.74, 6) is 0.895. The van der Waals surface area contributed by atoms with E-state index in [1.54, 1.807) is 38.3 Å². The molecule has 3 aromatic rings. The highest BCUT2D eigenvalue weighted by Crippen LogP contribution is 2.17. The molecule has 0 aliphatic carbocycles. The Labute approximate surface area is 140 Å². The van der Waals surface area contributed by atoms with Gasteiger partial charge in [-0.15, -0.1) is 10.2 Å². The van der Waals surface area contributed by atoms with Crippen LogP contribution in [0.15, 0.2) is 34.2 Å². The summed E-state index contributed by atoms with van der Waals surface area (Å²) in [6.07, 6.45) is 0. The van der Waals surface area contributed by atoms with E-state index in [0.29, 0.717) is 22.3 Å². The standard InChI is InChI=1S/C14H14N6O3S/c1-8-12(22)16-13-17-18-14(20(13)19-8)24-7-11(21)15-9-3-5-10(23-2)6-4-9/h3-6H,7H2,1-2H3,(H,15,21)(H,16,17,22). The van der Waals surface area contributed by atoms with Gasteiger partial charge < -0.3 is 10.1 Å². The van der Waals surface area contributed by atoms with E-state index in [1.165, 1.54) is 16.3 Å². The first-order valence-corrected chi connectivity index (χ1v) is 7.94. The van der Waals surface area contributed by atoms with Gasteiger partial charge in [-0.25, -0.2) is 0 Å². The van der Waals surface area contributed by atoms with E-state index in [-0.39, 0.29) is 23.0 Å². The molecule has 0 aliphatic rings. The number of hydrogen-bond donors (Lipinski definition) is 2. The molecule has 0 saturated heterocycles. The molecule has 1 amide bonds. The van der Waals surface area contributed by atoms with Gasteiger partial charge in [0, 0.05) is 5.69 Å². The lowest BCUT2D eigenvalue weighted by atomic mass is 10.3. The van der Waals surface area contributed by atoms with Crippen molar-refractivity contribution in [3.63, 3.8) is 0 Å². The van der Waals surface area contributed by atoms with Crippen LogP contribution in [0.3, 0.4) is 0 Å². The summed E-state index contributed by atoms with van der Waals surface area (Å²) >= 11 is 1.17. The zero-order chi connectivity index (χ0) is 17.1. The second-order valence-corrected chi connectivity index (χ2v) is 5.77. The number of nitrogens with one attached hydrogen (secondary N) is 2. The van der Waals surface area contributed by atoms with E-state index >= 15 is 0 Å². The highest BCUT2D eigenvalue weighted by Gasteiger charge is 2.12. The lowest BCUT2D eigenvalue weighted by Crippen LogP contribution is -2.16. The van der Waals surface area contributed by atoms with Gasteiger partial charge in [0.25, 0.3) is 11.3 Å². The summed E-state index contributed by atoms with van der Waals surface area (Å²) in [5.41, 5.74) is 0.654. The third-order valence-corrected chi connectivity index (χ3v) is 4.04. The Hall–Kier alpha value is -2.88. The van der Waals surface area contributed by atoms with Gasteiger partial charge in [0.1, 0.15) is 11.4 Å². The minimum absolute atomic E-state index is 0.132.